The Morgan fingerprint density at radius 3 is 0.693 bits per heavy atom. The molecular weight excluding hydrogens is 925 g/mol. The molecule has 1 unspecified atom stereocenters. The highest BCUT2D eigenvalue weighted by Gasteiger charge is 2.19. The molecule has 0 radical (unpaired) electrons. The standard InChI is InChI=1S/C69H132O6/c1-4-7-10-13-16-19-22-25-26-27-28-29-30-31-32-33-34-35-36-37-38-39-40-41-42-43-44-45-48-50-53-56-59-62-68(71)74-65-66(75-69(72)63-60-57-54-51-47-24-21-18-15-12-9-6-3)64-73-67(70)61-58-55-52-49-46-23-20-17-14-11-8-5-2/h18,21,66H,4-17,19-20,22-65H2,1-3H3/b21-18-. The number of carbonyl (C=O) groups excluding carboxylic acids is 3. The van der Waals surface area contributed by atoms with Crippen molar-refractivity contribution in [1.82, 2.24) is 0 Å². The van der Waals surface area contributed by atoms with Gasteiger partial charge in [-0.15, -0.1) is 0 Å². The van der Waals surface area contributed by atoms with Gasteiger partial charge in [0, 0.05) is 19.3 Å². The van der Waals surface area contributed by atoms with Gasteiger partial charge in [0.2, 0.25) is 0 Å². The van der Waals surface area contributed by atoms with Gasteiger partial charge in [0.15, 0.2) is 6.10 Å². The van der Waals surface area contributed by atoms with Crippen LogP contribution in [0.5, 0.6) is 0 Å². The van der Waals surface area contributed by atoms with Crippen molar-refractivity contribution < 1.29 is 28.6 Å². The highest BCUT2D eigenvalue weighted by molar-refractivity contribution is 5.71. The minimum Gasteiger partial charge on any atom is -0.462 e. The highest BCUT2D eigenvalue weighted by Crippen LogP contribution is 2.19. The zero-order valence-corrected chi connectivity index (χ0v) is 51.1. The summed E-state index contributed by atoms with van der Waals surface area (Å²) in [4.78, 5) is 38.2. The summed E-state index contributed by atoms with van der Waals surface area (Å²) in [6.07, 6.45) is 76.9. The number of carbonyl (C=O) groups is 3. The Morgan fingerprint density at radius 2 is 0.440 bits per heavy atom. The average Bonchev–Trinajstić information content (AvgIpc) is 3.41. The summed E-state index contributed by atoms with van der Waals surface area (Å²) in [5, 5.41) is 0. The smallest absolute Gasteiger partial charge is 0.306 e. The van der Waals surface area contributed by atoms with Crippen molar-refractivity contribution in [2.75, 3.05) is 13.2 Å². The zero-order chi connectivity index (χ0) is 54.3. The topological polar surface area (TPSA) is 78.9 Å². The Kier molecular flexibility index (Phi) is 63.1. The molecule has 0 spiro atoms. The minimum absolute atomic E-state index is 0.0674. The molecule has 0 N–H and O–H groups in total. The molecule has 75 heavy (non-hydrogen) atoms. The van der Waals surface area contributed by atoms with Gasteiger partial charge in [-0.3, -0.25) is 14.4 Å². The molecule has 0 aliphatic heterocycles. The van der Waals surface area contributed by atoms with Gasteiger partial charge in [-0.2, -0.15) is 0 Å². The van der Waals surface area contributed by atoms with Crippen molar-refractivity contribution in [3.63, 3.8) is 0 Å². The SMILES string of the molecule is CCCCC/C=C\CCCCCCCC(=O)OC(COC(=O)CCCCCCCCCCCCCC)COC(=O)CCCCCCCCCCCCCCCCCCCCCCCCCCCCCCCCCCC. The molecule has 0 heterocycles. The van der Waals surface area contributed by atoms with Gasteiger partial charge in [0.25, 0.3) is 0 Å². The van der Waals surface area contributed by atoms with E-state index in [0.717, 1.165) is 64.2 Å². The van der Waals surface area contributed by atoms with Crippen molar-refractivity contribution in [3.8, 4) is 0 Å². The van der Waals surface area contributed by atoms with E-state index in [2.05, 4.69) is 32.9 Å². The van der Waals surface area contributed by atoms with Gasteiger partial charge in [-0.05, 0) is 44.9 Å². The van der Waals surface area contributed by atoms with E-state index in [1.165, 1.54) is 289 Å². The Hall–Kier alpha value is -1.85. The largest absolute Gasteiger partial charge is 0.462 e. The highest BCUT2D eigenvalue weighted by atomic mass is 16.6. The summed E-state index contributed by atoms with van der Waals surface area (Å²) in [6.45, 7) is 6.67. The van der Waals surface area contributed by atoms with E-state index >= 15 is 0 Å². The molecule has 0 saturated carbocycles. The van der Waals surface area contributed by atoms with Crippen molar-refractivity contribution >= 4 is 17.9 Å². The normalized spacial score (nSPS) is 12.0. The summed E-state index contributed by atoms with van der Waals surface area (Å²) in [7, 11) is 0. The molecule has 0 fully saturated rings. The van der Waals surface area contributed by atoms with Gasteiger partial charge in [-0.1, -0.05) is 341 Å². The van der Waals surface area contributed by atoms with Crippen LogP contribution in [0, 0.1) is 0 Å². The number of rotatable bonds is 64. The molecule has 0 rings (SSSR count). The maximum Gasteiger partial charge on any atom is 0.306 e. The third kappa shape index (κ3) is 62.9. The summed E-state index contributed by atoms with van der Waals surface area (Å²) in [6, 6.07) is 0. The Labute approximate surface area is 469 Å². The van der Waals surface area contributed by atoms with Crippen LogP contribution in [0.4, 0.5) is 0 Å². The van der Waals surface area contributed by atoms with E-state index in [1.54, 1.807) is 0 Å². The zero-order valence-electron chi connectivity index (χ0n) is 51.1. The molecule has 6 nitrogen and oxygen atoms in total. The number of hydrogen-bond acceptors (Lipinski definition) is 6. The lowest BCUT2D eigenvalue weighted by molar-refractivity contribution is -0.167. The van der Waals surface area contributed by atoms with Gasteiger partial charge in [-0.25, -0.2) is 0 Å². The molecule has 0 amide bonds. The first-order chi connectivity index (χ1) is 37.0. The number of esters is 3. The quantitative estimate of drug-likeness (QED) is 0.0261. The van der Waals surface area contributed by atoms with Crippen molar-refractivity contribution in [2.24, 2.45) is 0 Å². The lowest BCUT2D eigenvalue weighted by Gasteiger charge is -2.18. The van der Waals surface area contributed by atoms with Gasteiger partial charge < -0.3 is 14.2 Å². The van der Waals surface area contributed by atoms with Crippen molar-refractivity contribution in [3.05, 3.63) is 12.2 Å². The van der Waals surface area contributed by atoms with Crippen LogP contribution in [0.2, 0.25) is 0 Å². The second-order valence-corrected chi connectivity index (χ2v) is 23.5. The fourth-order valence-corrected chi connectivity index (χ4v) is 10.6. The Balaban J connectivity index is 3.98. The van der Waals surface area contributed by atoms with E-state index in [9.17, 15) is 14.4 Å². The van der Waals surface area contributed by atoms with Crippen molar-refractivity contribution in [2.45, 2.75) is 399 Å². The van der Waals surface area contributed by atoms with Gasteiger partial charge in [0.1, 0.15) is 13.2 Å². The first-order valence-electron chi connectivity index (χ1n) is 34.2. The second kappa shape index (κ2) is 64.7. The van der Waals surface area contributed by atoms with E-state index in [1.807, 2.05) is 0 Å². The van der Waals surface area contributed by atoms with Crippen LogP contribution in [-0.2, 0) is 28.6 Å². The maximum absolute atomic E-state index is 12.8. The molecule has 0 aliphatic carbocycles. The van der Waals surface area contributed by atoms with E-state index in [-0.39, 0.29) is 31.1 Å². The van der Waals surface area contributed by atoms with Gasteiger partial charge in [0.05, 0.1) is 0 Å². The van der Waals surface area contributed by atoms with E-state index < -0.39 is 6.10 Å². The lowest BCUT2D eigenvalue weighted by atomic mass is 10.0. The molecule has 0 saturated heterocycles. The maximum atomic E-state index is 12.8. The number of allylic oxidation sites excluding steroid dienone is 2. The fraction of sp³-hybridized carbons (Fsp3) is 0.928. The van der Waals surface area contributed by atoms with Crippen LogP contribution in [0.3, 0.4) is 0 Å². The third-order valence-electron chi connectivity index (χ3n) is 15.8. The number of hydrogen-bond donors (Lipinski definition) is 0. The van der Waals surface area contributed by atoms with Crippen LogP contribution in [0.15, 0.2) is 12.2 Å². The first-order valence-corrected chi connectivity index (χ1v) is 34.2. The van der Waals surface area contributed by atoms with Gasteiger partial charge >= 0.3 is 17.9 Å². The van der Waals surface area contributed by atoms with Crippen LogP contribution >= 0.6 is 0 Å². The monoisotopic (exact) mass is 1060 g/mol. The fourth-order valence-electron chi connectivity index (χ4n) is 10.6. The molecule has 0 aromatic carbocycles. The predicted octanol–water partition coefficient (Wildman–Crippen LogP) is 23.2. The first kappa shape index (κ1) is 73.2. The molecule has 6 heteroatoms. The molecule has 0 aliphatic rings. The van der Waals surface area contributed by atoms with Crippen molar-refractivity contribution in [1.29, 1.82) is 0 Å². The number of ether oxygens (including phenoxy) is 3. The second-order valence-electron chi connectivity index (χ2n) is 23.5. The summed E-state index contributed by atoms with van der Waals surface area (Å²) in [5.74, 6) is -0.850. The van der Waals surface area contributed by atoms with Crippen LogP contribution in [-0.4, -0.2) is 37.2 Å². The van der Waals surface area contributed by atoms with E-state index in [4.69, 9.17) is 14.2 Å². The predicted molar refractivity (Wildman–Crippen MR) is 326 cm³/mol. The molecule has 444 valence electrons. The summed E-state index contributed by atoms with van der Waals surface area (Å²) < 4.78 is 16.9. The molecular formula is C69H132O6. The van der Waals surface area contributed by atoms with Crippen LogP contribution in [0.1, 0.15) is 393 Å². The average molecular weight is 1060 g/mol. The van der Waals surface area contributed by atoms with E-state index in [0.29, 0.717) is 19.3 Å². The Morgan fingerprint density at radius 1 is 0.253 bits per heavy atom. The molecule has 0 aromatic heterocycles. The Bertz CT molecular complexity index is 1170. The van der Waals surface area contributed by atoms with Crippen LogP contribution < -0.4 is 0 Å². The third-order valence-corrected chi connectivity index (χ3v) is 15.8. The minimum atomic E-state index is -0.769. The summed E-state index contributed by atoms with van der Waals surface area (Å²) >= 11 is 0. The summed E-state index contributed by atoms with van der Waals surface area (Å²) in [5.41, 5.74) is 0. The lowest BCUT2D eigenvalue weighted by Crippen LogP contribution is -2.30. The van der Waals surface area contributed by atoms with Crippen LogP contribution in [0.25, 0.3) is 0 Å². The molecule has 1 atom stereocenters. The molecule has 0 bridgehead atoms. The number of unbranched alkanes of at least 4 members (excludes halogenated alkanes) is 51. The molecule has 0 aromatic rings.